The molecule has 1 aromatic heterocycles. The Morgan fingerprint density at radius 1 is 1.25 bits per heavy atom. The number of rotatable bonds is 8. The zero-order chi connectivity index (χ0) is 23.3. The summed E-state index contributed by atoms with van der Waals surface area (Å²) in [5.74, 6) is -0.704. The lowest BCUT2D eigenvalue weighted by molar-refractivity contribution is -0.138. The van der Waals surface area contributed by atoms with E-state index in [0.717, 1.165) is 45.0 Å². The van der Waals surface area contributed by atoms with Crippen LogP contribution in [0.25, 0.3) is 11.3 Å². The van der Waals surface area contributed by atoms with E-state index in [-0.39, 0.29) is 18.0 Å². The first-order chi connectivity index (χ1) is 15.1. The van der Waals surface area contributed by atoms with E-state index in [1.807, 2.05) is 0 Å². The van der Waals surface area contributed by atoms with Crippen LogP contribution in [-0.4, -0.2) is 57.0 Å². The van der Waals surface area contributed by atoms with E-state index in [2.05, 4.69) is 20.4 Å². The molecule has 1 aliphatic rings. The van der Waals surface area contributed by atoms with Gasteiger partial charge in [-0.25, -0.2) is 0 Å². The van der Waals surface area contributed by atoms with Crippen LogP contribution in [0.3, 0.4) is 0 Å². The van der Waals surface area contributed by atoms with Gasteiger partial charge in [0, 0.05) is 24.6 Å². The molecule has 0 unspecified atom stereocenters. The minimum atomic E-state index is -4.53. The summed E-state index contributed by atoms with van der Waals surface area (Å²) in [5.41, 5.74) is 0.275. The molecule has 0 amide bonds. The van der Waals surface area contributed by atoms with Crippen molar-refractivity contribution in [3.05, 3.63) is 35.4 Å². The van der Waals surface area contributed by atoms with Gasteiger partial charge in [0.15, 0.2) is 0 Å². The van der Waals surface area contributed by atoms with Crippen molar-refractivity contribution in [1.82, 2.24) is 15.1 Å². The average Bonchev–Trinajstić information content (AvgIpc) is 2.71. The van der Waals surface area contributed by atoms with Gasteiger partial charge >= 0.3 is 12.1 Å². The molecule has 0 spiro atoms. The lowest BCUT2D eigenvalue weighted by Gasteiger charge is -2.33. The van der Waals surface area contributed by atoms with Crippen LogP contribution in [0.15, 0.2) is 24.3 Å². The minimum Gasteiger partial charge on any atom is -0.507 e. The number of phenols is 1. The van der Waals surface area contributed by atoms with Crippen molar-refractivity contribution in [3.8, 4) is 17.0 Å². The van der Waals surface area contributed by atoms with Crippen LogP contribution in [0.1, 0.15) is 43.2 Å². The molecular weight excluding hydrogens is 425 g/mol. The number of carboxylic acid groups (broad SMARTS) is 1. The third-order valence-corrected chi connectivity index (χ3v) is 5.54. The molecule has 10 heteroatoms. The van der Waals surface area contributed by atoms with Gasteiger partial charge in [0.25, 0.3) is 0 Å². The van der Waals surface area contributed by atoms with E-state index >= 15 is 0 Å². The monoisotopic (exact) mass is 452 g/mol. The van der Waals surface area contributed by atoms with Gasteiger partial charge in [-0.1, -0.05) is 0 Å². The fourth-order valence-corrected chi connectivity index (χ4v) is 3.93. The Kier molecular flexibility index (Phi) is 7.55. The number of carboxylic acids is 1. The van der Waals surface area contributed by atoms with Crippen molar-refractivity contribution in [3.63, 3.8) is 0 Å². The topological polar surface area (TPSA) is 98.6 Å². The van der Waals surface area contributed by atoms with Crippen LogP contribution in [0, 0.1) is 6.92 Å². The number of aryl methyl sites for hydroxylation is 1. The van der Waals surface area contributed by atoms with Gasteiger partial charge in [0.2, 0.25) is 0 Å². The minimum absolute atomic E-state index is 0.169. The predicted molar refractivity (Wildman–Crippen MR) is 113 cm³/mol. The summed E-state index contributed by atoms with van der Waals surface area (Å²) in [5, 5.41) is 30.5. The lowest BCUT2D eigenvalue weighted by atomic mass is 10.0. The third kappa shape index (κ3) is 6.32. The molecule has 0 bridgehead atoms. The van der Waals surface area contributed by atoms with Crippen LogP contribution in [0.5, 0.6) is 5.75 Å². The molecule has 3 rings (SSSR count). The summed E-state index contributed by atoms with van der Waals surface area (Å²) < 4.78 is 38.5. The van der Waals surface area contributed by atoms with Gasteiger partial charge in [-0.05, 0) is 75.5 Å². The Hall–Kier alpha value is -2.88. The van der Waals surface area contributed by atoms with Crippen molar-refractivity contribution >= 4 is 11.8 Å². The van der Waals surface area contributed by atoms with Crippen molar-refractivity contribution < 1.29 is 28.2 Å². The first-order valence-electron chi connectivity index (χ1n) is 10.6. The Morgan fingerprint density at radius 2 is 2.03 bits per heavy atom. The van der Waals surface area contributed by atoms with Crippen LogP contribution in [0.4, 0.5) is 19.0 Å². The molecular formula is C22H27F3N4O3. The molecule has 174 valence electrons. The molecule has 1 aromatic carbocycles. The number of hydrogen-bond donors (Lipinski definition) is 3. The molecule has 7 nitrogen and oxygen atoms in total. The van der Waals surface area contributed by atoms with Crippen molar-refractivity contribution in [2.24, 2.45) is 0 Å². The summed E-state index contributed by atoms with van der Waals surface area (Å²) in [7, 11) is 0. The van der Waals surface area contributed by atoms with E-state index in [4.69, 9.17) is 5.11 Å². The smallest absolute Gasteiger partial charge is 0.416 e. The number of benzene rings is 1. The molecule has 2 heterocycles. The van der Waals surface area contributed by atoms with Crippen molar-refractivity contribution in [1.29, 1.82) is 0 Å². The van der Waals surface area contributed by atoms with Crippen molar-refractivity contribution in [2.45, 2.75) is 51.2 Å². The maximum absolute atomic E-state index is 12.8. The number of halogens is 3. The standard InChI is InChI=1S/C22H27F3N4O3/c1-14-11-19(26-16-5-4-10-29(13-16)9-3-2-6-20(31)32)27-28-21(14)17-8-7-15(12-18(17)30)22(23,24)25/h7-8,11-12,16,30H,2-6,9-10,13H2,1H3,(H,26,27)(H,31,32)/t16-/m1/s1. The number of nitrogens with zero attached hydrogens (tertiary/aromatic N) is 3. The number of alkyl halides is 3. The molecule has 0 aliphatic carbocycles. The molecule has 2 aromatic rings. The van der Waals surface area contributed by atoms with Crippen molar-refractivity contribution in [2.75, 3.05) is 25.0 Å². The van der Waals surface area contributed by atoms with Crippen LogP contribution >= 0.6 is 0 Å². The molecule has 32 heavy (non-hydrogen) atoms. The zero-order valence-corrected chi connectivity index (χ0v) is 17.8. The Morgan fingerprint density at radius 3 is 2.69 bits per heavy atom. The summed E-state index contributed by atoms with van der Waals surface area (Å²) in [4.78, 5) is 12.9. The number of aromatic hydroxyl groups is 1. The number of unbranched alkanes of at least 4 members (excludes halogenated alkanes) is 1. The third-order valence-electron chi connectivity index (χ3n) is 5.54. The number of phenolic OH excluding ortho intramolecular Hbond substituents is 1. The second-order valence-electron chi connectivity index (χ2n) is 8.13. The summed E-state index contributed by atoms with van der Waals surface area (Å²) in [6.45, 7) is 4.40. The van der Waals surface area contributed by atoms with Gasteiger partial charge in [-0.3, -0.25) is 4.79 Å². The second-order valence-corrected chi connectivity index (χ2v) is 8.13. The molecule has 0 saturated carbocycles. The number of nitrogens with one attached hydrogen (secondary N) is 1. The molecule has 1 fully saturated rings. The maximum atomic E-state index is 12.8. The Balaban J connectivity index is 1.62. The number of hydrogen-bond acceptors (Lipinski definition) is 6. The van der Waals surface area contributed by atoms with Gasteiger partial charge < -0.3 is 20.4 Å². The lowest BCUT2D eigenvalue weighted by Crippen LogP contribution is -2.42. The van der Waals surface area contributed by atoms with E-state index in [9.17, 15) is 23.1 Å². The number of likely N-dealkylation sites (tertiary alicyclic amines) is 1. The average molecular weight is 452 g/mol. The molecule has 0 radical (unpaired) electrons. The highest BCUT2D eigenvalue weighted by Crippen LogP contribution is 2.36. The van der Waals surface area contributed by atoms with E-state index < -0.39 is 23.5 Å². The van der Waals surface area contributed by atoms with E-state index in [1.54, 1.807) is 13.0 Å². The largest absolute Gasteiger partial charge is 0.507 e. The predicted octanol–water partition coefficient (Wildman–Crippen LogP) is 4.31. The quantitative estimate of drug-likeness (QED) is 0.514. The van der Waals surface area contributed by atoms with Crippen LogP contribution in [-0.2, 0) is 11.0 Å². The first-order valence-corrected chi connectivity index (χ1v) is 10.6. The van der Waals surface area contributed by atoms with Crippen LogP contribution in [0.2, 0.25) is 0 Å². The Bertz CT molecular complexity index is 953. The summed E-state index contributed by atoms with van der Waals surface area (Å²) in [6.07, 6.45) is -0.871. The number of aliphatic carboxylic acids is 1. The molecule has 1 aliphatic heterocycles. The van der Waals surface area contributed by atoms with Crippen LogP contribution < -0.4 is 5.32 Å². The summed E-state index contributed by atoms with van der Waals surface area (Å²) in [6, 6.07) is 4.74. The fourth-order valence-electron chi connectivity index (χ4n) is 3.93. The number of piperidine rings is 1. The van der Waals surface area contributed by atoms with Gasteiger partial charge in [-0.2, -0.15) is 13.2 Å². The Labute approximate surface area is 184 Å². The zero-order valence-electron chi connectivity index (χ0n) is 17.8. The number of anilines is 1. The number of carbonyl (C=O) groups is 1. The molecule has 3 N–H and O–H groups in total. The number of aromatic nitrogens is 2. The summed E-state index contributed by atoms with van der Waals surface area (Å²) >= 11 is 0. The van der Waals surface area contributed by atoms with Gasteiger partial charge in [0.05, 0.1) is 11.3 Å². The maximum Gasteiger partial charge on any atom is 0.416 e. The SMILES string of the molecule is Cc1cc(N[C@@H]2CCCN(CCCCC(=O)O)C2)nnc1-c1ccc(C(F)(F)F)cc1O. The highest BCUT2D eigenvalue weighted by atomic mass is 19.4. The molecule has 1 saturated heterocycles. The van der Waals surface area contributed by atoms with Gasteiger partial charge in [-0.15, -0.1) is 10.2 Å². The molecule has 1 atom stereocenters. The normalized spacial score (nSPS) is 17.3. The fraction of sp³-hybridized carbons (Fsp3) is 0.500. The van der Waals surface area contributed by atoms with E-state index in [0.29, 0.717) is 29.6 Å². The second kappa shape index (κ2) is 10.2. The highest BCUT2D eigenvalue weighted by molar-refractivity contribution is 5.70. The van der Waals surface area contributed by atoms with E-state index in [1.165, 1.54) is 6.07 Å². The van der Waals surface area contributed by atoms with Gasteiger partial charge in [0.1, 0.15) is 11.6 Å². The first kappa shape index (κ1) is 23.8. The highest BCUT2D eigenvalue weighted by Gasteiger charge is 2.31.